The summed E-state index contributed by atoms with van der Waals surface area (Å²) in [7, 11) is 0. The highest BCUT2D eigenvalue weighted by atomic mass is 16.6. The normalized spacial score (nSPS) is 10.8. The fourth-order valence-corrected chi connectivity index (χ4v) is 1.17. The van der Waals surface area contributed by atoms with Crippen LogP contribution in [0.2, 0.25) is 0 Å². The van der Waals surface area contributed by atoms with Crippen LogP contribution in [0.15, 0.2) is 12.3 Å². The first kappa shape index (κ1) is 14.4. The number of carbonyl (C=O) groups excluding carboxylic acids is 1. The predicted octanol–water partition coefficient (Wildman–Crippen LogP) is 0.364. The average Bonchev–Trinajstić information content (AvgIpc) is 2.28. The Kier molecular flexibility index (Phi) is 3.69. The molecule has 0 aliphatic heterocycles. The highest BCUT2D eigenvalue weighted by Gasteiger charge is 2.28. The molecule has 9 nitrogen and oxygen atoms in total. The molecule has 1 amide bonds. The molecule has 0 aliphatic carbocycles. The minimum atomic E-state index is -1.40. The van der Waals surface area contributed by atoms with E-state index in [1.807, 2.05) is 0 Å². The molecular formula is C10H12N4O5. The van der Waals surface area contributed by atoms with Gasteiger partial charge in [0.15, 0.2) is 0 Å². The molecule has 0 unspecified atom stereocenters. The molecule has 1 aromatic heterocycles. The molecule has 1 rings (SSSR count). The third-order valence-corrected chi connectivity index (χ3v) is 2.36. The first-order valence-corrected chi connectivity index (χ1v) is 5.11. The molecule has 0 fully saturated rings. The van der Waals surface area contributed by atoms with Gasteiger partial charge in [0.2, 0.25) is 5.91 Å². The lowest BCUT2D eigenvalue weighted by molar-refractivity contribution is -0.385. The lowest BCUT2D eigenvalue weighted by atomic mass is 10.0. The first-order chi connectivity index (χ1) is 8.65. The van der Waals surface area contributed by atoms with E-state index in [9.17, 15) is 19.7 Å². The van der Waals surface area contributed by atoms with Crippen LogP contribution in [0.25, 0.3) is 0 Å². The summed E-state index contributed by atoms with van der Waals surface area (Å²) in [5.74, 6) is -2.29. The molecule has 19 heavy (non-hydrogen) atoms. The highest BCUT2D eigenvalue weighted by molar-refractivity contribution is 5.95. The van der Waals surface area contributed by atoms with Crippen molar-refractivity contribution < 1.29 is 19.6 Å². The van der Waals surface area contributed by atoms with E-state index in [2.05, 4.69) is 10.3 Å². The average molecular weight is 268 g/mol. The van der Waals surface area contributed by atoms with Gasteiger partial charge in [-0.05, 0) is 13.8 Å². The molecular weight excluding hydrogens is 256 g/mol. The molecule has 0 spiro atoms. The highest BCUT2D eigenvalue weighted by Crippen LogP contribution is 2.22. The number of carbonyl (C=O) groups is 2. The molecule has 102 valence electrons. The van der Waals surface area contributed by atoms with Gasteiger partial charge >= 0.3 is 5.97 Å². The van der Waals surface area contributed by atoms with Crippen LogP contribution >= 0.6 is 0 Å². The quantitative estimate of drug-likeness (QED) is 0.515. The second-order valence-electron chi connectivity index (χ2n) is 4.27. The maximum atomic E-state index is 11.2. The molecule has 1 heterocycles. The predicted molar refractivity (Wildman–Crippen MR) is 64.7 cm³/mol. The van der Waals surface area contributed by atoms with E-state index in [1.54, 1.807) is 0 Å². The van der Waals surface area contributed by atoms with Crippen LogP contribution in [-0.4, -0.2) is 32.4 Å². The third-order valence-electron chi connectivity index (χ3n) is 2.36. The molecule has 0 atom stereocenters. The number of hydrogen-bond donors (Lipinski definition) is 3. The van der Waals surface area contributed by atoms with Gasteiger partial charge in [-0.1, -0.05) is 0 Å². The molecule has 9 heteroatoms. The number of primary amides is 1. The zero-order chi connectivity index (χ0) is 14.8. The van der Waals surface area contributed by atoms with Crippen molar-refractivity contribution in [2.75, 3.05) is 5.32 Å². The minimum absolute atomic E-state index is 0.165. The number of carboxylic acids is 1. The Labute approximate surface area is 107 Å². The van der Waals surface area contributed by atoms with Gasteiger partial charge in [0.1, 0.15) is 23.1 Å². The van der Waals surface area contributed by atoms with Crippen LogP contribution in [0.4, 0.5) is 11.5 Å². The van der Waals surface area contributed by atoms with Crippen LogP contribution in [0.1, 0.15) is 24.2 Å². The van der Waals surface area contributed by atoms with Crippen LogP contribution in [0, 0.1) is 10.1 Å². The maximum Gasteiger partial charge on any atom is 0.339 e. The smallest absolute Gasteiger partial charge is 0.339 e. The van der Waals surface area contributed by atoms with Crippen molar-refractivity contribution in [3.63, 3.8) is 0 Å². The lowest BCUT2D eigenvalue weighted by Crippen LogP contribution is -2.45. The van der Waals surface area contributed by atoms with Gasteiger partial charge in [0, 0.05) is 6.07 Å². The Morgan fingerprint density at radius 3 is 2.53 bits per heavy atom. The topological polar surface area (TPSA) is 148 Å². The Morgan fingerprint density at radius 2 is 2.11 bits per heavy atom. The zero-order valence-electron chi connectivity index (χ0n) is 10.2. The maximum absolute atomic E-state index is 11.2. The SMILES string of the molecule is CC(C)(Nc1ncc([N+](=O)[O-])cc1C(=O)O)C(N)=O. The number of pyridine rings is 1. The number of aromatic nitrogens is 1. The molecule has 0 aromatic carbocycles. The number of carboxylic acid groups (broad SMARTS) is 1. The fraction of sp³-hybridized carbons (Fsp3) is 0.300. The van der Waals surface area contributed by atoms with Crippen LogP contribution in [-0.2, 0) is 4.79 Å². The van der Waals surface area contributed by atoms with Crippen molar-refractivity contribution >= 4 is 23.4 Å². The van der Waals surface area contributed by atoms with E-state index in [0.29, 0.717) is 0 Å². The Hall–Kier alpha value is -2.71. The Morgan fingerprint density at radius 1 is 1.53 bits per heavy atom. The van der Waals surface area contributed by atoms with E-state index >= 15 is 0 Å². The summed E-state index contributed by atoms with van der Waals surface area (Å²) < 4.78 is 0. The number of aromatic carboxylic acids is 1. The van der Waals surface area contributed by atoms with Crippen molar-refractivity contribution in [2.24, 2.45) is 5.73 Å². The standard InChI is InChI=1S/C10H12N4O5/c1-10(2,9(11)17)13-7-6(8(15)16)3-5(4-12-7)14(18)19/h3-4H,1-2H3,(H2,11,17)(H,12,13)(H,15,16). The van der Waals surface area contributed by atoms with Gasteiger partial charge in [0.05, 0.1) is 4.92 Å². The first-order valence-electron chi connectivity index (χ1n) is 5.11. The number of rotatable bonds is 5. The fourth-order valence-electron chi connectivity index (χ4n) is 1.17. The minimum Gasteiger partial charge on any atom is -0.478 e. The number of nitrogens with one attached hydrogen (secondary N) is 1. The van der Waals surface area contributed by atoms with Gasteiger partial charge in [-0.2, -0.15) is 0 Å². The summed E-state index contributed by atoms with van der Waals surface area (Å²) in [6, 6.07) is 0.856. The van der Waals surface area contributed by atoms with Gasteiger partial charge in [-0.3, -0.25) is 14.9 Å². The van der Waals surface area contributed by atoms with Crippen molar-refractivity contribution in [1.82, 2.24) is 4.98 Å². The number of anilines is 1. The molecule has 0 aliphatic rings. The van der Waals surface area contributed by atoms with E-state index in [1.165, 1.54) is 13.8 Å². The second-order valence-corrected chi connectivity index (χ2v) is 4.27. The van der Waals surface area contributed by atoms with Crippen molar-refractivity contribution in [1.29, 1.82) is 0 Å². The van der Waals surface area contributed by atoms with Crippen LogP contribution in [0.5, 0.6) is 0 Å². The summed E-state index contributed by atoms with van der Waals surface area (Å²) in [4.78, 5) is 35.6. The summed E-state index contributed by atoms with van der Waals surface area (Å²) in [6.45, 7) is 2.87. The third kappa shape index (κ3) is 3.15. The summed E-state index contributed by atoms with van der Waals surface area (Å²) in [6.07, 6.45) is 0.895. The second kappa shape index (κ2) is 4.88. The van der Waals surface area contributed by atoms with Crippen molar-refractivity contribution in [3.05, 3.63) is 27.9 Å². The van der Waals surface area contributed by atoms with Crippen molar-refractivity contribution in [3.8, 4) is 0 Å². The summed E-state index contributed by atoms with van der Waals surface area (Å²) in [5.41, 5.74) is 3.02. The summed E-state index contributed by atoms with van der Waals surface area (Å²) >= 11 is 0. The molecule has 0 bridgehead atoms. The van der Waals surface area contributed by atoms with Gasteiger partial charge in [-0.15, -0.1) is 0 Å². The molecule has 0 saturated heterocycles. The Balaban J connectivity index is 3.25. The molecule has 0 saturated carbocycles. The zero-order valence-corrected chi connectivity index (χ0v) is 10.2. The molecule has 1 aromatic rings. The van der Waals surface area contributed by atoms with E-state index in [4.69, 9.17) is 10.8 Å². The van der Waals surface area contributed by atoms with Gasteiger partial charge < -0.3 is 16.2 Å². The van der Waals surface area contributed by atoms with Gasteiger partial charge in [0.25, 0.3) is 5.69 Å². The van der Waals surface area contributed by atoms with Crippen LogP contribution < -0.4 is 11.1 Å². The van der Waals surface area contributed by atoms with E-state index in [0.717, 1.165) is 12.3 Å². The number of nitro groups is 1. The Bertz CT molecular complexity index is 555. The molecule has 0 radical (unpaired) electrons. The summed E-state index contributed by atoms with van der Waals surface area (Å²) in [5, 5.41) is 22.1. The van der Waals surface area contributed by atoms with Gasteiger partial charge in [-0.25, -0.2) is 9.78 Å². The van der Waals surface area contributed by atoms with E-state index < -0.39 is 33.6 Å². The molecule has 4 N–H and O–H groups in total. The number of nitrogens with two attached hydrogens (primary N) is 1. The number of hydrogen-bond acceptors (Lipinski definition) is 6. The van der Waals surface area contributed by atoms with E-state index in [-0.39, 0.29) is 5.82 Å². The monoisotopic (exact) mass is 268 g/mol. The van der Waals surface area contributed by atoms with Crippen molar-refractivity contribution in [2.45, 2.75) is 19.4 Å². The van der Waals surface area contributed by atoms with Crippen LogP contribution in [0.3, 0.4) is 0 Å². The largest absolute Gasteiger partial charge is 0.478 e. The lowest BCUT2D eigenvalue weighted by Gasteiger charge is -2.23. The number of nitrogens with zero attached hydrogens (tertiary/aromatic N) is 2. The number of amides is 1.